The summed E-state index contributed by atoms with van der Waals surface area (Å²) in [6.07, 6.45) is 10.8. The number of carbonyl (C=O) groups excluding carboxylic acids is 6. The van der Waals surface area contributed by atoms with Crippen LogP contribution in [0.25, 0.3) is 33.7 Å². The van der Waals surface area contributed by atoms with Gasteiger partial charge in [0.05, 0.1) is 11.4 Å². The second-order valence-electron chi connectivity index (χ2n) is 16.3. The highest BCUT2D eigenvalue weighted by atomic mass is 35.5. The van der Waals surface area contributed by atoms with Gasteiger partial charge in [-0.05, 0) is 70.5 Å². The molecule has 0 saturated carbocycles. The first-order chi connectivity index (χ1) is 32.4. The van der Waals surface area contributed by atoms with E-state index in [9.17, 15) is 43.3 Å². The minimum atomic E-state index is -3.34. The van der Waals surface area contributed by atoms with Gasteiger partial charge in [-0.15, -0.1) is 11.6 Å². The highest BCUT2D eigenvalue weighted by Crippen LogP contribution is 2.46. The van der Waals surface area contributed by atoms with Gasteiger partial charge in [-0.25, -0.2) is 4.57 Å². The summed E-state index contributed by atoms with van der Waals surface area (Å²) in [7, 11) is -3.34. The lowest BCUT2D eigenvalue weighted by Gasteiger charge is -2.18. The molecule has 0 bridgehead atoms. The van der Waals surface area contributed by atoms with Crippen molar-refractivity contribution in [3.8, 4) is 11.5 Å². The number of alkyl halides is 1. The summed E-state index contributed by atoms with van der Waals surface area (Å²) in [6, 6.07) is 23.0. The number of unbranched alkanes of at least 4 members (excludes halogenated alkanes) is 2. The second-order valence-corrected chi connectivity index (χ2v) is 17.4. The molecule has 3 aliphatic heterocycles. The number of hydrogen-bond donors (Lipinski definition) is 4. The fraction of sp³-hybridized carbons (Fsp3) is 0.240. The molecule has 0 aromatic heterocycles. The van der Waals surface area contributed by atoms with Gasteiger partial charge < -0.3 is 35.0 Å². The van der Waals surface area contributed by atoms with E-state index in [1.165, 1.54) is 24.3 Å². The van der Waals surface area contributed by atoms with Crippen LogP contribution in [0.2, 0.25) is 0 Å². The molecular formula is C50H47ClN5O10P. The molecule has 5 aromatic carbocycles. The van der Waals surface area contributed by atoms with Gasteiger partial charge >= 0.3 is 8.25 Å². The smallest absolute Gasteiger partial charge is 0.365 e. The molecule has 5 aromatic rings. The standard InChI is InChI=1S/C50H47ClN5O10P/c51-29-33-30-56(41-27-42(57)36-9-4-6-11-38(36)50(33)41)49(63)17-14-31-13-15-32(16-18-46(60)54-25-22-35-34-8-3-5-10-37(34)43(28-40(35)54)66-67(64)65)39(26-31)53-45(59)21-23-52-44(58)12-2-1-7-24-55-47(61)19-20-48(55)62/h3-6,8-11,13-20,26-28,33,57,67H,1-2,7,12,21-25,29-30H2,(H,52,58)(H,53,59)(H,64,65)/b17-14+,18-16+/t33-/m1/s1. The number of aromatic hydroxyl groups is 1. The largest absolute Gasteiger partial charge is 0.507 e. The van der Waals surface area contributed by atoms with Gasteiger partial charge in [-0.1, -0.05) is 67.1 Å². The van der Waals surface area contributed by atoms with Crippen LogP contribution in [-0.2, 0) is 39.8 Å². The van der Waals surface area contributed by atoms with Crippen LogP contribution < -0.4 is 25.0 Å². The number of benzene rings is 5. The molecule has 67 heavy (non-hydrogen) atoms. The minimum Gasteiger partial charge on any atom is -0.507 e. The van der Waals surface area contributed by atoms with E-state index in [1.54, 1.807) is 64.4 Å². The molecule has 8 rings (SSSR count). The van der Waals surface area contributed by atoms with Gasteiger partial charge in [-0.3, -0.25) is 33.7 Å². The minimum absolute atomic E-state index is 0.0514. The number of phenolic OH excluding ortho intramolecular Hbond substituents is 1. The maximum absolute atomic E-state index is 13.8. The van der Waals surface area contributed by atoms with Gasteiger partial charge in [0.15, 0.2) is 0 Å². The zero-order chi connectivity index (χ0) is 47.2. The first-order valence-corrected chi connectivity index (χ1v) is 23.7. The molecule has 3 aliphatic rings. The molecule has 3 heterocycles. The summed E-state index contributed by atoms with van der Waals surface area (Å²) in [5.41, 5.74) is 4.30. The molecule has 0 fully saturated rings. The average Bonchev–Trinajstić information content (AvgIpc) is 4.02. The number of imide groups is 1. The van der Waals surface area contributed by atoms with E-state index in [-0.39, 0.29) is 78.8 Å². The third-order valence-electron chi connectivity index (χ3n) is 12.1. The molecule has 6 amide bonds. The van der Waals surface area contributed by atoms with Crippen molar-refractivity contribution in [2.45, 2.75) is 44.4 Å². The van der Waals surface area contributed by atoms with Crippen LogP contribution in [0.15, 0.2) is 103 Å². The number of amides is 6. The maximum Gasteiger partial charge on any atom is 0.365 e. The van der Waals surface area contributed by atoms with Crippen molar-refractivity contribution in [2.75, 3.05) is 47.2 Å². The first kappa shape index (κ1) is 46.5. The Bertz CT molecular complexity index is 2930. The van der Waals surface area contributed by atoms with Crippen LogP contribution in [0.4, 0.5) is 17.1 Å². The number of nitrogens with one attached hydrogen (secondary N) is 2. The summed E-state index contributed by atoms with van der Waals surface area (Å²) >= 11 is 6.40. The predicted molar refractivity (Wildman–Crippen MR) is 258 cm³/mol. The van der Waals surface area contributed by atoms with Crippen LogP contribution in [0.1, 0.15) is 60.3 Å². The SMILES string of the molecule is O=C(CCCCCN1C(=O)C=CC1=O)NCCC(=O)Nc1cc(/C=C/C(=O)N2C[C@@H](CCl)c3c2cc(O)c2ccccc32)ccc1/C=C/C(=O)N1CCc2c1cc(O[PH](=O)O)c1ccccc21. The molecule has 2 atom stereocenters. The van der Waals surface area contributed by atoms with Gasteiger partial charge in [0.1, 0.15) is 11.5 Å². The second kappa shape index (κ2) is 20.6. The van der Waals surface area contributed by atoms with Crippen molar-refractivity contribution in [3.63, 3.8) is 0 Å². The summed E-state index contributed by atoms with van der Waals surface area (Å²) in [4.78, 5) is 91.0. The van der Waals surface area contributed by atoms with Crippen LogP contribution >= 0.6 is 19.9 Å². The summed E-state index contributed by atoms with van der Waals surface area (Å²) in [6.45, 7) is 1.01. The summed E-state index contributed by atoms with van der Waals surface area (Å²) < 4.78 is 17.0. The topological polar surface area (TPSA) is 203 Å². The molecule has 344 valence electrons. The normalized spacial score (nSPS) is 15.9. The van der Waals surface area contributed by atoms with E-state index >= 15 is 0 Å². The van der Waals surface area contributed by atoms with Gasteiger partial charge in [-0.2, -0.15) is 0 Å². The number of rotatable bonds is 17. The van der Waals surface area contributed by atoms with E-state index in [1.807, 2.05) is 36.4 Å². The number of carbonyl (C=O) groups is 6. The van der Waals surface area contributed by atoms with Gasteiger partial charge in [0.25, 0.3) is 23.6 Å². The van der Waals surface area contributed by atoms with E-state index in [2.05, 4.69) is 10.6 Å². The van der Waals surface area contributed by atoms with E-state index < -0.39 is 14.2 Å². The number of phenols is 1. The van der Waals surface area contributed by atoms with E-state index in [0.717, 1.165) is 26.8 Å². The number of anilines is 3. The summed E-state index contributed by atoms with van der Waals surface area (Å²) in [5, 5.41) is 19.5. The molecule has 0 aliphatic carbocycles. The first-order valence-electron chi connectivity index (χ1n) is 21.9. The Morgan fingerprint density at radius 3 is 2.24 bits per heavy atom. The van der Waals surface area contributed by atoms with Crippen molar-refractivity contribution in [2.24, 2.45) is 0 Å². The van der Waals surface area contributed by atoms with Crippen molar-refractivity contribution >= 4 is 106 Å². The van der Waals surface area contributed by atoms with Crippen molar-refractivity contribution in [1.29, 1.82) is 0 Å². The van der Waals surface area contributed by atoms with Gasteiger partial charge in [0, 0.05) is 104 Å². The quantitative estimate of drug-likeness (QED) is 0.0240. The lowest BCUT2D eigenvalue weighted by Crippen LogP contribution is -2.31. The van der Waals surface area contributed by atoms with Crippen LogP contribution in [0.3, 0.4) is 0 Å². The molecule has 15 nitrogen and oxygen atoms in total. The molecule has 0 radical (unpaired) electrons. The Morgan fingerprint density at radius 1 is 0.791 bits per heavy atom. The maximum atomic E-state index is 13.8. The number of fused-ring (bicyclic) bond motifs is 6. The highest BCUT2D eigenvalue weighted by molar-refractivity contribution is 7.32. The fourth-order valence-corrected chi connectivity index (χ4v) is 9.45. The monoisotopic (exact) mass is 943 g/mol. The Labute approximate surface area is 391 Å². The Morgan fingerprint density at radius 2 is 1.49 bits per heavy atom. The molecule has 0 spiro atoms. The molecule has 4 N–H and O–H groups in total. The number of halogens is 1. The Balaban J connectivity index is 0.970. The predicted octanol–water partition coefficient (Wildman–Crippen LogP) is 7.37. The van der Waals surface area contributed by atoms with Gasteiger partial charge in [0.2, 0.25) is 11.8 Å². The molecule has 0 saturated heterocycles. The Hall–Kier alpha value is -7.06. The molecule has 17 heteroatoms. The third kappa shape index (κ3) is 10.3. The lowest BCUT2D eigenvalue weighted by molar-refractivity contribution is -0.137. The zero-order valence-electron chi connectivity index (χ0n) is 36.2. The zero-order valence-corrected chi connectivity index (χ0v) is 38.0. The third-order valence-corrected chi connectivity index (χ3v) is 12.8. The van der Waals surface area contributed by atoms with Crippen LogP contribution in [0.5, 0.6) is 11.5 Å². The van der Waals surface area contributed by atoms with Crippen molar-refractivity contribution < 1.29 is 47.9 Å². The molecule has 1 unspecified atom stereocenters. The van der Waals surface area contributed by atoms with Crippen molar-refractivity contribution in [1.82, 2.24) is 10.2 Å². The number of hydrogen-bond acceptors (Lipinski definition) is 9. The van der Waals surface area contributed by atoms with Crippen molar-refractivity contribution in [3.05, 3.63) is 125 Å². The lowest BCUT2D eigenvalue weighted by atomic mass is 9.95. The molecular weight excluding hydrogens is 897 g/mol. The van der Waals surface area contributed by atoms with E-state index in [0.29, 0.717) is 77.7 Å². The Kier molecular flexibility index (Phi) is 14.3. The summed E-state index contributed by atoms with van der Waals surface area (Å²) in [5.74, 6) is -1.70. The highest BCUT2D eigenvalue weighted by Gasteiger charge is 2.34. The average molecular weight is 944 g/mol. The van der Waals surface area contributed by atoms with E-state index in [4.69, 9.17) is 16.1 Å². The number of nitrogens with zero attached hydrogens (tertiary/aromatic N) is 3. The van der Waals surface area contributed by atoms with Crippen LogP contribution in [-0.4, -0.2) is 82.4 Å². The van der Waals surface area contributed by atoms with Crippen LogP contribution in [0, 0.1) is 0 Å². The fourth-order valence-electron chi connectivity index (χ4n) is 8.84.